The fourth-order valence-corrected chi connectivity index (χ4v) is 9.69. The predicted molar refractivity (Wildman–Crippen MR) is 240 cm³/mol. The largest absolute Gasteiger partial charge is 0.377 e. The van der Waals surface area contributed by atoms with Gasteiger partial charge < -0.3 is 71.1 Å². The van der Waals surface area contributed by atoms with Crippen molar-refractivity contribution >= 4 is 23.8 Å². The van der Waals surface area contributed by atoms with Crippen LogP contribution in [0.1, 0.15) is 33.4 Å². The van der Waals surface area contributed by atoms with E-state index in [1.807, 2.05) is 0 Å². The van der Waals surface area contributed by atoms with Gasteiger partial charge in [0.15, 0.2) is 0 Å². The van der Waals surface area contributed by atoms with Gasteiger partial charge in [0.1, 0.15) is 17.5 Å². The number of fused-ring (bicyclic) bond motifs is 6. The minimum Gasteiger partial charge on any atom is -0.377 e. The normalized spacial score (nSPS) is 20.6. The molecule has 0 saturated carbocycles. The summed E-state index contributed by atoms with van der Waals surface area (Å²) < 4.78 is 136. The quantitative estimate of drug-likeness (QED) is 0.348. The molecule has 3 aromatic carbocycles. The summed E-state index contributed by atoms with van der Waals surface area (Å²) in [6, 6.07) is 10.6. The first-order valence-corrected chi connectivity index (χ1v) is 24.3. The van der Waals surface area contributed by atoms with Crippen LogP contribution in [0.5, 0.6) is 0 Å². The zero-order valence-electron chi connectivity index (χ0n) is 38.4. The van der Waals surface area contributed by atoms with Gasteiger partial charge in [-0.2, -0.15) is 0 Å². The Balaban J connectivity index is 1.44. The van der Waals surface area contributed by atoms with Crippen molar-refractivity contribution in [1.29, 1.82) is 0 Å². The molecular weight excluding hydrogens is 904 g/mol. The van der Waals surface area contributed by atoms with E-state index in [0.717, 1.165) is 0 Å². The van der Waals surface area contributed by atoms with Gasteiger partial charge in [0, 0.05) is 33.4 Å². The van der Waals surface area contributed by atoms with E-state index in [0.29, 0.717) is 95.2 Å². The van der Waals surface area contributed by atoms with Crippen LogP contribution < -0.4 is 15.9 Å². The van der Waals surface area contributed by atoms with E-state index >= 15 is 13.2 Å². The molecule has 3 aromatic rings. The minimum atomic E-state index is -1.73. The maximum atomic E-state index is 16.6. The Morgan fingerprint density at radius 2 is 0.358 bits per heavy atom. The Labute approximate surface area is 392 Å². The zero-order chi connectivity index (χ0) is 46.6. The van der Waals surface area contributed by atoms with E-state index in [9.17, 15) is 0 Å². The third kappa shape index (κ3) is 19.2. The lowest BCUT2D eigenvalue weighted by Crippen LogP contribution is -2.26. The summed E-state index contributed by atoms with van der Waals surface area (Å²) in [5.74, 6) is -1.44. The van der Waals surface area contributed by atoms with Crippen LogP contribution in [0.4, 0.5) is 13.2 Å². The molecule has 0 aromatic heterocycles. The summed E-state index contributed by atoms with van der Waals surface area (Å²) in [4.78, 5) is 0. The predicted octanol–water partition coefficient (Wildman–Crippen LogP) is 4.15. The van der Waals surface area contributed by atoms with Crippen LogP contribution in [0, 0.1) is 17.5 Å². The number of hydrogen-bond donors (Lipinski definition) is 0. The topological polar surface area (TPSA) is 138 Å². The summed E-state index contributed by atoms with van der Waals surface area (Å²) in [7, 11) is -1.73. The third-order valence-electron chi connectivity index (χ3n) is 10.4. The minimum absolute atomic E-state index is 0.0749. The van der Waals surface area contributed by atoms with Crippen LogP contribution in [0.15, 0.2) is 36.4 Å². The standard InChI is InChI=1S/C48H66F3O15P/c49-46-37-25-43(26-38(46)32-62-20-14-56-8-2-52-1-7-55-13-19-61-31-37)67(44-27-39-33-63-21-15-57-9-3-53-4-10-58-16-22-64-34-40(28-44)47(39)50)45-29-41-35-65-23-17-59-11-5-54-6-12-60-18-24-66-36-42(30-45)48(41)51/h25-30H,1-24,31-36H2. The highest BCUT2D eigenvalue weighted by atomic mass is 31.1. The lowest BCUT2D eigenvalue weighted by Gasteiger charge is -2.25. The van der Waals surface area contributed by atoms with Gasteiger partial charge in [0.25, 0.3) is 0 Å². The number of benzene rings is 3. The molecule has 0 unspecified atom stereocenters. The van der Waals surface area contributed by atoms with Gasteiger partial charge in [-0.05, 0) is 60.2 Å². The molecule has 0 fully saturated rings. The van der Waals surface area contributed by atoms with E-state index in [4.69, 9.17) is 71.1 Å². The highest BCUT2D eigenvalue weighted by molar-refractivity contribution is 7.79. The summed E-state index contributed by atoms with van der Waals surface area (Å²) in [5, 5.41) is 2.04. The summed E-state index contributed by atoms with van der Waals surface area (Å²) >= 11 is 0. The molecule has 0 saturated heterocycles. The Morgan fingerprint density at radius 1 is 0.224 bits per heavy atom. The molecule has 0 radical (unpaired) electrons. The second-order valence-electron chi connectivity index (χ2n) is 15.4. The monoisotopic (exact) mass is 970 g/mol. The number of rotatable bonds is 3. The second kappa shape index (κ2) is 32.2. The molecule has 6 bridgehead atoms. The lowest BCUT2D eigenvalue weighted by atomic mass is 10.1. The van der Waals surface area contributed by atoms with Crippen LogP contribution >= 0.6 is 7.92 Å². The Hall–Kier alpha value is -2.72. The van der Waals surface area contributed by atoms with Crippen molar-refractivity contribution in [3.8, 4) is 0 Å². The van der Waals surface area contributed by atoms with Gasteiger partial charge in [-0.3, -0.25) is 0 Å². The first-order chi connectivity index (χ1) is 33.1. The van der Waals surface area contributed by atoms with Gasteiger partial charge in [0.05, 0.1) is 198 Å². The van der Waals surface area contributed by atoms with E-state index in [-0.39, 0.29) is 152 Å². The summed E-state index contributed by atoms with van der Waals surface area (Å²) in [5.41, 5.74) is 1.69. The summed E-state index contributed by atoms with van der Waals surface area (Å²) in [6.07, 6.45) is 0. The third-order valence-corrected chi connectivity index (χ3v) is 12.7. The molecule has 6 rings (SSSR count). The SMILES string of the molecule is Fc1c2cc(P(c3cc4c(F)c(c3)COCCOCCOCCOCCOC4)c3cc4c(F)c(c3)COCCOCCOCCOCCOC4)cc1COCCOCCOCCOCCOC2. The van der Waals surface area contributed by atoms with Crippen molar-refractivity contribution in [3.05, 3.63) is 87.2 Å². The molecule has 0 atom stereocenters. The molecule has 19 heteroatoms. The van der Waals surface area contributed by atoms with Gasteiger partial charge in [0.2, 0.25) is 0 Å². The molecule has 374 valence electrons. The Bertz CT molecular complexity index is 1540. The highest BCUT2D eigenvalue weighted by Gasteiger charge is 2.26. The van der Waals surface area contributed by atoms with Gasteiger partial charge in [-0.25, -0.2) is 13.2 Å². The van der Waals surface area contributed by atoms with Crippen LogP contribution in [0.25, 0.3) is 0 Å². The van der Waals surface area contributed by atoms with Gasteiger partial charge in [-0.1, -0.05) is 0 Å². The highest BCUT2D eigenvalue weighted by Crippen LogP contribution is 2.37. The first kappa shape index (κ1) is 53.6. The molecule has 3 heterocycles. The molecule has 15 nitrogen and oxygen atoms in total. The van der Waals surface area contributed by atoms with E-state index < -0.39 is 25.4 Å². The smallest absolute Gasteiger partial charge is 0.134 e. The molecule has 0 N–H and O–H groups in total. The van der Waals surface area contributed by atoms with Crippen molar-refractivity contribution in [1.82, 2.24) is 0 Å². The second-order valence-corrected chi connectivity index (χ2v) is 17.6. The fourth-order valence-electron chi connectivity index (χ4n) is 7.09. The number of ether oxygens (including phenoxy) is 15. The average molecular weight is 971 g/mol. The van der Waals surface area contributed by atoms with Crippen LogP contribution in [0.3, 0.4) is 0 Å². The lowest BCUT2D eigenvalue weighted by molar-refractivity contribution is -0.0150. The molecule has 0 amide bonds. The van der Waals surface area contributed by atoms with Crippen molar-refractivity contribution < 1.29 is 84.2 Å². The van der Waals surface area contributed by atoms with E-state index in [1.54, 1.807) is 36.4 Å². The molecule has 67 heavy (non-hydrogen) atoms. The first-order valence-electron chi connectivity index (χ1n) is 23.0. The molecule has 0 aliphatic carbocycles. The van der Waals surface area contributed by atoms with Crippen LogP contribution in [-0.4, -0.2) is 159 Å². The molecule has 3 aliphatic heterocycles. The Morgan fingerprint density at radius 3 is 0.507 bits per heavy atom. The average Bonchev–Trinajstić information content (AvgIpc) is 3.32. The van der Waals surface area contributed by atoms with E-state index in [1.165, 1.54) is 0 Å². The van der Waals surface area contributed by atoms with Gasteiger partial charge in [-0.15, -0.1) is 0 Å². The van der Waals surface area contributed by atoms with Crippen molar-refractivity contribution in [2.45, 2.75) is 39.6 Å². The number of halogens is 3. The van der Waals surface area contributed by atoms with Crippen molar-refractivity contribution in [2.75, 3.05) is 159 Å². The van der Waals surface area contributed by atoms with Crippen molar-refractivity contribution in [3.63, 3.8) is 0 Å². The molecule has 3 aliphatic rings. The Kier molecular flexibility index (Phi) is 25.8. The maximum absolute atomic E-state index is 16.6. The number of hydrogen-bond acceptors (Lipinski definition) is 15. The van der Waals surface area contributed by atoms with Crippen LogP contribution in [-0.2, 0) is 111 Å². The zero-order valence-corrected chi connectivity index (χ0v) is 39.3. The van der Waals surface area contributed by atoms with E-state index in [2.05, 4.69) is 0 Å². The molecular formula is C48H66F3O15P. The van der Waals surface area contributed by atoms with Crippen LogP contribution in [0.2, 0.25) is 0 Å². The molecule has 0 spiro atoms. The summed E-state index contributed by atoms with van der Waals surface area (Å²) in [6.45, 7) is 7.06. The maximum Gasteiger partial charge on any atom is 0.134 e. The fraction of sp³-hybridized carbons (Fsp3) is 0.625. The van der Waals surface area contributed by atoms with Crippen molar-refractivity contribution in [2.24, 2.45) is 0 Å². The van der Waals surface area contributed by atoms with Gasteiger partial charge >= 0.3 is 0 Å².